The van der Waals surface area contributed by atoms with Crippen LogP contribution in [0.15, 0.2) is 0 Å². The van der Waals surface area contributed by atoms with E-state index in [1.54, 1.807) is 0 Å². The van der Waals surface area contributed by atoms with Crippen LogP contribution in [0.2, 0.25) is 0 Å². The van der Waals surface area contributed by atoms with Crippen molar-refractivity contribution in [2.45, 2.75) is 64.1 Å². The van der Waals surface area contributed by atoms with Crippen molar-refractivity contribution in [3.05, 3.63) is 0 Å². The van der Waals surface area contributed by atoms with E-state index in [-0.39, 0.29) is 24.6 Å². The summed E-state index contributed by atoms with van der Waals surface area (Å²) >= 11 is 0. The molecular weight excluding hydrogens is 262 g/mol. The molecule has 5 heteroatoms. The van der Waals surface area contributed by atoms with Crippen LogP contribution < -0.4 is 5.32 Å². The first-order valence-corrected chi connectivity index (χ1v) is 7.94. The van der Waals surface area contributed by atoms with Gasteiger partial charge in [-0.15, -0.1) is 0 Å². The molecule has 4 atom stereocenters. The second-order valence-electron chi connectivity index (χ2n) is 6.50. The van der Waals surface area contributed by atoms with Crippen LogP contribution >= 0.6 is 0 Å². The Morgan fingerprint density at radius 2 is 1.95 bits per heavy atom. The van der Waals surface area contributed by atoms with E-state index >= 15 is 0 Å². The third kappa shape index (κ3) is 4.37. The van der Waals surface area contributed by atoms with E-state index in [0.29, 0.717) is 6.04 Å². The monoisotopic (exact) mass is 290 g/mol. The normalized spacial score (nSPS) is 31.5. The first-order chi connectivity index (χ1) is 9.51. The zero-order valence-electron chi connectivity index (χ0n) is 12.6. The summed E-state index contributed by atoms with van der Waals surface area (Å²) in [4.78, 5) is 2.40. The number of piperidine rings is 1. The summed E-state index contributed by atoms with van der Waals surface area (Å²) in [6, 6.07) is 0.586. The van der Waals surface area contributed by atoms with Crippen LogP contribution in [0.5, 0.6) is 0 Å². The van der Waals surface area contributed by atoms with Crippen molar-refractivity contribution in [3.8, 4) is 0 Å². The number of aliphatic hydroxyl groups is 1. The largest absolute Gasteiger partial charge is 0.393 e. The molecule has 0 amide bonds. The molecule has 0 aromatic rings. The first kappa shape index (κ1) is 16.1. The van der Waals surface area contributed by atoms with Gasteiger partial charge in [-0.05, 0) is 44.4 Å². The first-order valence-electron chi connectivity index (χ1n) is 7.94. The number of halogens is 2. The Balaban J connectivity index is 1.94. The minimum Gasteiger partial charge on any atom is -0.393 e. The fourth-order valence-electron chi connectivity index (χ4n) is 3.40. The molecule has 2 aliphatic rings. The van der Waals surface area contributed by atoms with Gasteiger partial charge < -0.3 is 10.4 Å². The molecule has 1 aliphatic heterocycles. The van der Waals surface area contributed by atoms with Crippen LogP contribution in [0, 0.1) is 11.8 Å². The predicted molar refractivity (Wildman–Crippen MR) is 76.0 cm³/mol. The van der Waals surface area contributed by atoms with E-state index < -0.39 is 6.43 Å². The van der Waals surface area contributed by atoms with Gasteiger partial charge in [0.25, 0.3) is 6.43 Å². The van der Waals surface area contributed by atoms with Crippen molar-refractivity contribution in [1.82, 2.24) is 10.2 Å². The number of nitrogens with one attached hydrogen (secondary N) is 1. The Morgan fingerprint density at radius 3 is 2.50 bits per heavy atom. The van der Waals surface area contributed by atoms with E-state index in [2.05, 4.69) is 17.1 Å². The van der Waals surface area contributed by atoms with Crippen molar-refractivity contribution in [1.29, 1.82) is 0 Å². The topological polar surface area (TPSA) is 35.5 Å². The van der Waals surface area contributed by atoms with Crippen LogP contribution in [0.3, 0.4) is 0 Å². The molecule has 0 aromatic heterocycles. The molecule has 4 unspecified atom stereocenters. The molecule has 1 heterocycles. The maximum atomic E-state index is 12.4. The zero-order valence-corrected chi connectivity index (χ0v) is 12.6. The SMILES string of the molecule is CCC(O)C1CC(NCC(F)F)CN(C(C)C2CC2)C1. The molecule has 118 valence electrons. The van der Waals surface area contributed by atoms with Gasteiger partial charge in [-0.25, -0.2) is 8.78 Å². The molecule has 0 radical (unpaired) electrons. The molecule has 1 aliphatic carbocycles. The van der Waals surface area contributed by atoms with Crippen molar-refractivity contribution >= 4 is 0 Å². The highest BCUT2D eigenvalue weighted by Crippen LogP contribution is 2.37. The number of aliphatic hydroxyl groups excluding tert-OH is 1. The van der Waals surface area contributed by atoms with E-state index in [0.717, 1.165) is 31.8 Å². The average Bonchev–Trinajstić information content (AvgIpc) is 3.27. The average molecular weight is 290 g/mol. The lowest BCUT2D eigenvalue weighted by Crippen LogP contribution is -2.55. The Morgan fingerprint density at radius 1 is 1.25 bits per heavy atom. The smallest absolute Gasteiger partial charge is 0.250 e. The van der Waals surface area contributed by atoms with E-state index in [9.17, 15) is 13.9 Å². The summed E-state index contributed by atoms with van der Waals surface area (Å²) in [5, 5.41) is 13.1. The summed E-state index contributed by atoms with van der Waals surface area (Å²) in [6.07, 6.45) is 1.48. The van der Waals surface area contributed by atoms with E-state index in [1.165, 1.54) is 12.8 Å². The standard InChI is InChI=1S/C15H28F2N2O/c1-3-14(20)12-6-13(18-7-15(16)17)9-19(8-12)10(2)11-4-5-11/h10-15,18,20H,3-9H2,1-2H3. The summed E-state index contributed by atoms with van der Waals surface area (Å²) in [7, 11) is 0. The fourth-order valence-corrected chi connectivity index (χ4v) is 3.40. The Hall–Kier alpha value is -0.260. The quantitative estimate of drug-likeness (QED) is 0.754. The second kappa shape index (κ2) is 7.14. The summed E-state index contributed by atoms with van der Waals surface area (Å²) < 4.78 is 24.8. The van der Waals surface area contributed by atoms with Crippen molar-refractivity contribution < 1.29 is 13.9 Å². The maximum absolute atomic E-state index is 12.4. The highest BCUT2D eigenvalue weighted by molar-refractivity contribution is 4.93. The molecule has 2 fully saturated rings. The lowest BCUT2D eigenvalue weighted by molar-refractivity contribution is 0.0150. The summed E-state index contributed by atoms with van der Waals surface area (Å²) in [5.41, 5.74) is 0. The molecule has 3 nitrogen and oxygen atoms in total. The number of hydrogen-bond acceptors (Lipinski definition) is 3. The number of likely N-dealkylation sites (tertiary alicyclic amines) is 1. The molecule has 0 bridgehead atoms. The van der Waals surface area contributed by atoms with Gasteiger partial charge in [0.15, 0.2) is 0 Å². The number of alkyl halides is 2. The van der Waals surface area contributed by atoms with Gasteiger partial charge in [0.1, 0.15) is 0 Å². The van der Waals surface area contributed by atoms with Gasteiger partial charge in [-0.2, -0.15) is 0 Å². The number of rotatable bonds is 7. The van der Waals surface area contributed by atoms with Gasteiger partial charge in [-0.1, -0.05) is 6.92 Å². The van der Waals surface area contributed by atoms with Crippen molar-refractivity contribution in [3.63, 3.8) is 0 Å². The Kier molecular flexibility index (Phi) is 5.75. The second-order valence-corrected chi connectivity index (χ2v) is 6.50. The van der Waals surface area contributed by atoms with Crippen molar-refractivity contribution in [2.24, 2.45) is 11.8 Å². The lowest BCUT2D eigenvalue weighted by atomic mass is 9.87. The third-order valence-corrected chi connectivity index (χ3v) is 4.91. The molecular formula is C15H28F2N2O. The van der Waals surface area contributed by atoms with E-state index in [1.807, 2.05) is 6.92 Å². The molecule has 2 rings (SSSR count). The van der Waals surface area contributed by atoms with Crippen molar-refractivity contribution in [2.75, 3.05) is 19.6 Å². The number of nitrogens with zero attached hydrogens (tertiary/aromatic N) is 1. The third-order valence-electron chi connectivity index (χ3n) is 4.91. The van der Waals surface area contributed by atoms with Gasteiger partial charge >= 0.3 is 0 Å². The Bertz CT molecular complexity index is 300. The highest BCUT2D eigenvalue weighted by Gasteiger charge is 2.38. The molecule has 1 saturated carbocycles. The van der Waals surface area contributed by atoms with Crippen LogP contribution in [-0.2, 0) is 0 Å². The van der Waals surface area contributed by atoms with Gasteiger partial charge in [-0.3, -0.25) is 4.90 Å². The van der Waals surface area contributed by atoms with Gasteiger partial charge in [0.2, 0.25) is 0 Å². The lowest BCUT2D eigenvalue weighted by Gasteiger charge is -2.43. The number of hydrogen-bond donors (Lipinski definition) is 2. The molecule has 0 aromatic carbocycles. The minimum atomic E-state index is -2.30. The van der Waals surface area contributed by atoms with E-state index in [4.69, 9.17) is 0 Å². The van der Waals surface area contributed by atoms with Gasteiger partial charge in [0, 0.05) is 25.2 Å². The van der Waals surface area contributed by atoms with Gasteiger partial charge in [0.05, 0.1) is 12.6 Å². The Labute approximate surface area is 120 Å². The molecule has 0 spiro atoms. The summed E-state index contributed by atoms with van der Waals surface area (Å²) in [6.45, 7) is 5.71. The minimum absolute atomic E-state index is 0.0742. The highest BCUT2D eigenvalue weighted by atomic mass is 19.3. The van der Waals surface area contributed by atoms with Crippen LogP contribution in [0.1, 0.15) is 39.5 Å². The van der Waals surface area contributed by atoms with Crippen LogP contribution in [0.4, 0.5) is 8.78 Å². The van der Waals surface area contributed by atoms with Crippen LogP contribution in [-0.4, -0.2) is 54.3 Å². The van der Waals surface area contributed by atoms with Crippen LogP contribution in [0.25, 0.3) is 0 Å². The predicted octanol–water partition coefficient (Wildman–Crippen LogP) is 2.10. The molecule has 1 saturated heterocycles. The fraction of sp³-hybridized carbons (Fsp3) is 1.00. The zero-order chi connectivity index (χ0) is 14.7. The summed E-state index contributed by atoms with van der Waals surface area (Å²) in [5.74, 6) is 0.966. The maximum Gasteiger partial charge on any atom is 0.250 e. The molecule has 20 heavy (non-hydrogen) atoms. The molecule has 2 N–H and O–H groups in total.